The number of hydrogen-bond donors (Lipinski definition) is 0. The molecule has 4 aliphatic carbocycles. The maximum atomic E-state index is 5.88. The average molecular weight is 262 g/mol. The summed E-state index contributed by atoms with van der Waals surface area (Å²) in [6, 6.07) is 8.33. The minimum Gasteiger partial charge on any atom is -0.524 e. The molecule has 0 radical (unpaired) electrons. The first-order chi connectivity index (χ1) is 9.83. The summed E-state index contributed by atoms with van der Waals surface area (Å²) in [7, 11) is -1.06. The van der Waals surface area contributed by atoms with Gasteiger partial charge in [-0.2, -0.15) is 0 Å². The maximum Gasteiger partial charge on any atom is 0.658 e. The zero-order chi connectivity index (χ0) is 12.8. The monoisotopic (exact) mass is 262 g/mol. The predicted molar refractivity (Wildman–Crippen MR) is 72.5 cm³/mol. The van der Waals surface area contributed by atoms with Gasteiger partial charge in [-0.05, 0) is 23.3 Å². The van der Waals surface area contributed by atoms with Crippen LogP contribution in [0.15, 0.2) is 24.3 Å². The highest BCUT2D eigenvalue weighted by Crippen LogP contribution is 2.47. The highest BCUT2D eigenvalue weighted by molar-refractivity contribution is 7.12. The molecule has 0 N–H and O–H groups in total. The zero-order valence-electron chi connectivity index (χ0n) is 10.5. The number of hydrogen-bond acceptors (Lipinski definition) is 4. The maximum absolute atomic E-state index is 5.88. The van der Waals surface area contributed by atoms with E-state index in [1.807, 2.05) is 12.1 Å². The van der Waals surface area contributed by atoms with Gasteiger partial charge < -0.3 is 18.6 Å². The van der Waals surface area contributed by atoms with Crippen molar-refractivity contribution in [2.24, 2.45) is 0 Å². The second kappa shape index (κ2) is 2.92. The fourth-order valence-electron chi connectivity index (χ4n) is 3.29. The second-order valence-electron chi connectivity index (χ2n) is 5.73. The molecule has 4 nitrogen and oxygen atoms in total. The van der Waals surface area contributed by atoms with E-state index >= 15 is 0 Å². The smallest absolute Gasteiger partial charge is 0.524 e. The van der Waals surface area contributed by atoms with Crippen molar-refractivity contribution in [3.8, 4) is 23.0 Å². The lowest BCUT2D eigenvalue weighted by Crippen LogP contribution is -2.49. The Morgan fingerprint density at radius 3 is 1.50 bits per heavy atom. The SMILES string of the molecule is c1c2cc3c(c1C2)OB(B1Oc2cc4cc(c2O1)C4)O3. The van der Waals surface area contributed by atoms with Gasteiger partial charge in [-0.3, -0.25) is 0 Å². The summed E-state index contributed by atoms with van der Waals surface area (Å²) in [6.07, 6.45) is 1.96. The van der Waals surface area contributed by atoms with Crippen LogP contribution in [0.1, 0.15) is 22.3 Å². The van der Waals surface area contributed by atoms with Gasteiger partial charge in [0, 0.05) is 24.0 Å². The van der Waals surface area contributed by atoms with Crippen LogP contribution in [0.25, 0.3) is 0 Å². The van der Waals surface area contributed by atoms with E-state index < -0.39 is 14.0 Å². The van der Waals surface area contributed by atoms with Crippen molar-refractivity contribution < 1.29 is 18.6 Å². The van der Waals surface area contributed by atoms with Crippen molar-refractivity contribution in [3.63, 3.8) is 0 Å². The number of rotatable bonds is 1. The van der Waals surface area contributed by atoms with E-state index in [1.54, 1.807) is 0 Å². The van der Waals surface area contributed by atoms with E-state index in [2.05, 4.69) is 12.1 Å². The second-order valence-corrected chi connectivity index (χ2v) is 5.73. The van der Waals surface area contributed by atoms with Gasteiger partial charge in [0.15, 0.2) is 0 Å². The largest absolute Gasteiger partial charge is 0.658 e. The van der Waals surface area contributed by atoms with Crippen molar-refractivity contribution in [2.45, 2.75) is 12.8 Å². The van der Waals surface area contributed by atoms with Crippen molar-refractivity contribution in [1.82, 2.24) is 0 Å². The Morgan fingerprint density at radius 1 is 0.650 bits per heavy atom. The molecule has 94 valence electrons. The van der Waals surface area contributed by atoms with Gasteiger partial charge >= 0.3 is 14.0 Å². The van der Waals surface area contributed by atoms with Gasteiger partial charge in [-0.25, -0.2) is 0 Å². The molecule has 2 aliphatic heterocycles. The highest BCUT2D eigenvalue weighted by Gasteiger charge is 2.56. The van der Waals surface area contributed by atoms with E-state index in [9.17, 15) is 0 Å². The molecule has 0 unspecified atom stereocenters. The van der Waals surface area contributed by atoms with E-state index in [1.165, 1.54) is 22.3 Å². The van der Waals surface area contributed by atoms with Gasteiger partial charge in [-0.15, -0.1) is 0 Å². The molecule has 0 amide bonds. The topological polar surface area (TPSA) is 36.9 Å². The molecule has 4 bridgehead atoms. The van der Waals surface area contributed by atoms with Crippen LogP contribution in [-0.4, -0.2) is 14.0 Å². The van der Waals surface area contributed by atoms with Crippen LogP contribution >= 0.6 is 0 Å². The molecule has 6 aliphatic rings. The molecule has 0 spiro atoms. The van der Waals surface area contributed by atoms with Crippen LogP contribution in [-0.2, 0) is 12.8 Å². The molecule has 2 heterocycles. The first kappa shape index (κ1) is 9.64. The Hall–Kier alpha value is -2.23. The fraction of sp³-hybridized carbons (Fsp3) is 0.143. The minimum absolute atomic E-state index is 0.529. The van der Waals surface area contributed by atoms with Crippen molar-refractivity contribution >= 4 is 14.0 Å². The van der Waals surface area contributed by atoms with E-state index in [0.29, 0.717) is 0 Å². The molecule has 8 rings (SSSR count). The van der Waals surface area contributed by atoms with E-state index in [0.717, 1.165) is 35.8 Å². The highest BCUT2D eigenvalue weighted by atomic mass is 16.7. The van der Waals surface area contributed by atoms with Crippen molar-refractivity contribution in [1.29, 1.82) is 0 Å². The van der Waals surface area contributed by atoms with Gasteiger partial charge in [0.25, 0.3) is 0 Å². The lowest BCUT2D eigenvalue weighted by atomic mass is 9.49. The van der Waals surface area contributed by atoms with Gasteiger partial charge in [0.2, 0.25) is 0 Å². The Labute approximate surface area is 115 Å². The fourth-order valence-corrected chi connectivity index (χ4v) is 3.29. The Bertz CT molecular complexity index is 737. The molecule has 2 aromatic carbocycles. The molecule has 6 heteroatoms. The molecule has 0 atom stereocenters. The average Bonchev–Trinajstić information content (AvgIpc) is 2.99. The quantitative estimate of drug-likeness (QED) is 0.490. The minimum atomic E-state index is -0.529. The predicted octanol–water partition coefficient (Wildman–Crippen LogP) is 1.79. The Balaban J connectivity index is 1.32. The molecular weight excluding hydrogens is 254 g/mol. The van der Waals surface area contributed by atoms with Gasteiger partial charge in [0.05, 0.1) is 0 Å². The summed E-state index contributed by atoms with van der Waals surface area (Å²) in [5, 5.41) is 0. The summed E-state index contributed by atoms with van der Waals surface area (Å²) in [4.78, 5) is 0. The lowest BCUT2D eigenvalue weighted by molar-refractivity contribution is 0.463. The van der Waals surface area contributed by atoms with Crippen molar-refractivity contribution in [2.75, 3.05) is 0 Å². The number of benzene rings is 2. The summed E-state index contributed by atoms with van der Waals surface area (Å²) in [5.74, 6) is 3.33. The van der Waals surface area contributed by atoms with E-state index in [4.69, 9.17) is 18.6 Å². The summed E-state index contributed by atoms with van der Waals surface area (Å²) in [6.45, 7) is 0. The van der Waals surface area contributed by atoms with Crippen LogP contribution < -0.4 is 18.6 Å². The van der Waals surface area contributed by atoms with Crippen LogP contribution in [0.4, 0.5) is 0 Å². The molecule has 0 fully saturated rings. The van der Waals surface area contributed by atoms with Crippen LogP contribution in [0.2, 0.25) is 0 Å². The molecule has 0 aromatic heterocycles. The third kappa shape index (κ3) is 1.03. The molecule has 0 saturated heterocycles. The normalized spacial score (nSPS) is 18.0. The Kier molecular flexibility index (Phi) is 1.41. The third-order valence-corrected chi connectivity index (χ3v) is 4.35. The summed E-state index contributed by atoms with van der Waals surface area (Å²) in [5.41, 5.74) is 5.01. The Morgan fingerprint density at radius 2 is 1.10 bits per heavy atom. The molecule has 20 heavy (non-hydrogen) atoms. The zero-order valence-corrected chi connectivity index (χ0v) is 10.5. The lowest BCUT2D eigenvalue weighted by Gasteiger charge is -2.17. The van der Waals surface area contributed by atoms with Crippen LogP contribution in [0.5, 0.6) is 23.0 Å². The molecular formula is C14H8B2O4. The molecule has 0 saturated carbocycles. The van der Waals surface area contributed by atoms with E-state index in [-0.39, 0.29) is 0 Å². The van der Waals surface area contributed by atoms with Crippen LogP contribution in [0.3, 0.4) is 0 Å². The first-order valence-electron chi connectivity index (χ1n) is 6.82. The third-order valence-electron chi connectivity index (χ3n) is 4.35. The van der Waals surface area contributed by atoms with Gasteiger partial charge in [-0.1, -0.05) is 12.1 Å². The summed E-state index contributed by atoms with van der Waals surface area (Å²) >= 11 is 0. The van der Waals surface area contributed by atoms with Crippen molar-refractivity contribution in [3.05, 3.63) is 46.5 Å². The van der Waals surface area contributed by atoms with Gasteiger partial charge in [0.1, 0.15) is 23.0 Å². The van der Waals surface area contributed by atoms with Crippen LogP contribution in [0, 0.1) is 0 Å². The summed E-state index contributed by atoms with van der Waals surface area (Å²) < 4.78 is 23.4. The first-order valence-corrected chi connectivity index (χ1v) is 6.82. The molecule has 2 aromatic rings. The standard InChI is InChI=1S/C14H8B2O4/c1-7-2-9(1)13-11(5-7)17-15(19-13)16-18-12-6-8-3-10(4-8)14(12)20-16/h1,3,5-6H,2,4H2.